The van der Waals surface area contributed by atoms with Crippen LogP contribution in [0.4, 0.5) is 27.5 Å². The van der Waals surface area contributed by atoms with E-state index in [2.05, 4.69) is 25.7 Å². The molecule has 1 saturated heterocycles. The van der Waals surface area contributed by atoms with Crippen molar-refractivity contribution in [1.82, 2.24) is 20.0 Å². The average molecular weight is 530 g/mol. The quantitative estimate of drug-likeness (QED) is 0.300. The Bertz CT molecular complexity index is 1480. The summed E-state index contributed by atoms with van der Waals surface area (Å²) in [6.07, 6.45) is 2.65. The SMILES string of the molecule is Cc1cc(Nc2ccc(C(=O)N(C)Nc3ncc(F)c(N4CCOCC4)n3)nc2)cc(-c2cccc(O)c2)c1. The first-order valence-corrected chi connectivity index (χ1v) is 12.4. The number of nitrogens with zero attached hydrogens (tertiary/aromatic N) is 5. The maximum absolute atomic E-state index is 14.3. The number of benzene rings is 2. The van der Waals surface area contributed by atoms with Gasteiger partial charge in [-0.3, -0.25) is 15.2 Å². The molecule has 3 heterocycles. The van der Waals surface area contributed by atoms with Gasteiger partial charge >= 0.3 is 0 Å². The van der Waals surface area contributed by atoms with E-state index in [1.165, 1.54) is 12.1 Å². The van der Waals surface area contributed by atoms with Crippen molar-refractivity contribution in [3.8, 4) is 16.9 Å². The smallest absolute Gasteiger partial charge is 0.290 e. The fourth-order valence-corrected chi connectivity index (χ4v) is 4.25. The van der Waals surface area contributed by atoms with Crippen LogP contribution in [0.15, 0.2) is 67.0 Å². The van der Waals surface area contributed by atoms with E-state index in [0.717, 1.165) is 28.6 Å². The van der Waals surface area contributed by atoms with Gasteiger partial charge in [0.15, 0.2) is 11.6 Å². The second-order valence-electron chi connectivity index (χ2n) is 9.14. The van der Waals surface area contributed by atoms with Crippen molar-refractivity contribution in [2.24, 2.45) is 0 Å². The highest BCUT2D eigenvalue weighted by Gasteiger charge is 2.20. The predicted molar refractivity (Wildman–Crippen MR) is 147 cm³/mol. The number of hydrogen-bond acceptors (Lipinski definition) is 9. The zero-order valence-electron chi connectivity index (χ0n) is 21.6. The number of aromatic nitrogens is 3. The van der Waals surface area contributed by atoms with E-state index in [9.17, 15) is 14.3 Å². The van der Waals surface area contributed by atoms with Crippen molar-refractivity contribution in [1.29, 1.82) is 0 Å². The van der Waals surface area contributed by atoms with E-state index in [0.29, 0.717) is 32.0 Å². The van der Waals surface area contributed by atoms with Gasteiger partial charge in [0.2, 0.25) is 5.95 Å². The summed E-state index contributed by atoms with van der Waals surface area (Å²) >= 11 is 0. The highest BCUT2D eigenvalue weighted by molar-refractivity contribution is 5.93. The molecule has 1 aliphatic heterocycles. The van der Waals surface area contributed by atoms with Crippen LogP contribution in [0.5, 0.6) is 5.75 Å². The highest BCUT2D eigenvalue weighted by atomic mass is 19.1. The standard InChI is InChI=1S/C28H28FN7O3/c1-18-12-20(19-4-3-5-23(37)15-19)14-22(13-18)32-21-6-7-25(30-16-21)27(38)35(2)34-28-31-17-24(29)26(33-28)36-8-10-39-11-9-36/h3-7,12-17,32,37H,8-11H2,1-2H3,(H,31,33,34). The van der Waals surface area contributed by atoms with Gasteiger partial charge in [-0.1, -0.05) is 18.2 Å². The number of hydrogen-bond donors (Lipinski definition) is 3. The number of halogens is 1. The lowest BCUT2D eigenvalue weighted by Crippen LogP contribution is -2.38. The minimum Gasteiger partial charge on any atom is -0.508 e. The van der Waals surface area contributed by atoms with Crippen LogP contribution in [0.3, 0.4) is 0 Å². The number of rotatable bonds is 7. The molecule has 1 aliphatic rings. The van der Waals surface area contributed by atoms with Crippen molar-refractivity contribution in [3.05, 3.63) is 84.1 Å². The van der Waals surface area contributed by atoms with Gasteiger partial charge < -0.3 is 20.1 Å². The van der Waals surface area contributed by atoms with Gasteiger partial charge in [0.25, 0.3) is 5.91 Å². The van der Waals surface area contributed by atoms with Gasteiger partial charge in [0.05, 0.1) is 31.3 Å². The van der Waals surface area contributed by atoms with Gasteiger partial charge in [0.1, 0.15) is 11.4 Å². The van der Waals surface area contributed by atoms with Crippen LogP contribution in [-0.4, -0.2) is 64.3 Å². The highest BCUT2D eigenvalue weighted by Crippen LogP contribution is 2.28. The van der Waals surface area contributed by atoms with Crippen molar-refractivity contribution in [2.75, 3.05) is 49.0 Å². The number of phenolic OH excluding ortho intramolecular Hbond substituents is 1. The Morgan fingerprint density at radius 2 is 1.85 bits per heavy atom. The van der Waals surface area contributed by atoms with Gasteiger partial charge in [-0.2, -0.15) is 4.98 Å². The molecule has 4 aromatic rings. The minimum atomic E-state index is -0.538. The molecule has 10 nitrogen and oxygen atoms in total. The van der Waals surface area contributed by atoms with Crippen LogP contribution in [0.2, 0.25) is 0 Å². The van der Waals surface area contributed by atoms with E-state index in [1.807, 2.05) is 31.2 Å². The molecule has 11 heteroatoms. The zero-order chi connectivity index (χ0) is 27.4. The minimum absolute atomic E-state index is 0.0917. The van der Waals surface area contributed by atoms with Gasteiger partial charge in [0, 0.05) is 25.8 Å². The summed E-state index contributed by atoms with van der Waals surface area (Å²) in [6.45, 7) is 4.01. The molecule has 0 atom stereocenters. The predicted octanol–water partition coefficient (Wildman–Crippen LogP) is 4.37. The summed E-state index contributed by atoms with van der Waals surface area (Å²) in [7, 11) is 1.52. The lowest BCUT2D eigenvalue weighted by atomic mass is 10.0. The number of anilines is 4. The third kappa shape index (κ3) is 6.21. The van der Waals surface area contributed by atoms with E-state index < -0.39 is 11.7 Å². The number of aryl methyl sites for hydroxylation is 1. The third-order valence-electron chi connectivity index (χ3n) is 6.14. The third-order valence-corrected chi connectivity index (χ3v) is 6.14. The summed E-state index contributed by atoms with van der Waals surface area (Å²) in [4.78, 5) is 27.2. The fourth-order valence-electron chi connectivity index (χ4n) is 4.25. The first kappa shape index (κ1) is 25.9. The molecule has 200 valence electrons. The van der Waals surface area contributed by atoms with Crippen LogP contribution in [0.1, 0.15) is 16.1 Å². The first-order chi connectivity index (χ1) is 18.9. The number of carbonyl (C=O) groups excluding carboxylic acids is 1. The molecule has 0 saturated carbocycles. The zero-order valence-corrected chi connectivity index (χ0v) is 21.6. The number of phenols is 1. The molecule has 39 heavy (non-hydrogen) atoms. The van der Waals surface area contributed by atoms with Crippen molar-refractivity contribution < 1.29 is 19.0 Å². The lowest BCUT2D eigenvalue weighted by Gasteiger charge is -2.28. The Morgan fingerprint density at radius 3 is 2.59 bits per heavy atom. The van der Waals surface area contributed by atoms with E-state index in [4.69, 9.17) is 4.74 Å². The maximum atomic E-state index is 14.3. The van der Waals surface area contributed by atoms with Crippen LogP contribution in [0.25, 0.3) is 11.1 Å². The number of carbonyl (C=O) groups is 1. The summed E-state index contributed by atoms with van der Waals surface area (Å²) in [5.74, 6) is -0.494. The monoisotopic (exact) mass is 529 g/mol. The van der Waals surface area contributed by atoms with Gasteiger partial charge in [-0.15, -0.1) is 0 Å². The summed E-state index contributed by atoms with van der Waals surface area (Å²) in [6, 6.07) is 16.5. The first-order valence-electron chi connectivity index (χ1n) is 12.4. The van der Waals surface area contributed by atoms with Crippen molar-refractivity contribution in [2.45, 2.75) is 6.92 Å². The fraction of sp³-hybridized carbons (Fsp3) is 0.214. The van der Waals surface area contributed by atoms with E-state index in [-0.39, 0.29) is 23.2 Å². The average Bonchev–Trinajstić information content (AvgIpc) is 2.94. The van der Waals surface area contributed by atoms with Crippen LogP contribution < -0.4 is 15.6 Å². The number of ether oxygens (including phenoxy) is 1. The maximum Gasteiger partial charge on any atom is 0.290 e. The molecule has 2 aromatic carbocycles. The molecule has 0 bridgehead atoms. The molecule has 0 unspecified atom stereocenters. The van der Waals surface area contributed by atoms with E-state index in [1.54, 1.807) is 41.4 Å². The van der Waals surface area contributed by atoms with E-state index >= 15 is 0 Å². The number of amides is 1. The van der Waals surface area contributed by atoms with Crippen LogP contribution >= 0.6 is 0 Å². The Balaban J connectivity index is 1.25. The number of pyridine rings is 1. The number of aromatic hydroxyl groups is 1. The number of nitrogens with one attached hydrogen (secondary N) is 2. The number of hydrazine groups is 1. The molecule has 5 rings (SSSR count). The summed E-state index contributed by atoms with van der Waals surface area (Å²) in [5, 5.41) is 14.3. The molecule has 0 aliphatic carbocycles. The topological polar surface area (TPSA) is 116 Å². The van der Waals surface area contributed by atoms with Gasteiger partial charge in [-0.05, 0) is 60.0 Å². The Labute approximate surface area is 225 Å². The molecule has 1 amide bonds. The molecular formula is C28H28FN7O3. The Morgan fingerprint density at radius 1 is 1.03 bits per heavy atom. The molecule has 3 N–H and O–H groups in total. The summed E-state index contributed by atoms with van der Waals surface area (Å²) in [5.41, 5.74) is 7.45. The van der Waals surface area contributed by atoms with Gasteiger partial charge in [-0.25, -0.2) is 14.4 Å². The van der Waals surface area contributed by atoms with Crippen molar-refractivity contribution in [3.63, 3.8) is 0 Å². The second-order valence-corrected chi connectivity index (χ2v) is 9.14. The normalized spacial score (nSPS) is 13.2. The molecule has 0 radical (unpaired) electrons. The molecule has 0 spiro atoms. The summed E-state index contributed by atoms with van der Waals surface area (Å²) < 4.78 is 19.6. The Kier molecular flexibility index (Phi) is 7.50. The second kappa shape index (κ2) is 11.3. The lowest BCUT2D eigenvalue weighted by molar-refractivity contribution is 0.0819. The number of morpholine rings is 1. The molecular weight excluding hydrogens is 501 g/mol. The Hall–Kier alpha value is -4.77. The molecule has 2 aromatic heterocycles. The van der Waals surface area contributed by atoms with Crippen LogP contribution in [0, 0.1) is 12.7 Å². The largest absolute Gasteiger partial charge is 0.508 e. The molecule has 1 fully saturated rings. The van der Waals surface area contributed by atoms with Crippen molar-refractivity contribution >= 4 is 29.0 Å². The van der Waals surface area contributed by atoms with Crippen LogP contribution in [-0.2, 0) is 4.74 Å².